The molecule has 0 radical (unpaired) electrons. The molecule has 0 aromatic carbocycles. The van der Waals surface area contributed by atoms with Gasteiger partial charge in [0.1, 0.15) is 6.54 Å². The molecular weight excluding hydrogens is 423 g/mol. The van der Waals surface area contributed by atoms with Gasteiger partial charge in [-0.25, -0.2) is 0 Å². The van der Waals surface area contributed by atoms with Crippen LogP contribution in [-0.4, -0.2) is 57.2 Å². The van der Waals surface area contributed by atoms with Crippen molar-refractivity contribution in [3.8, 4) is 0 Å². The monoisotopic (exact) mass is 466 g/mol. The molecular formula is C26H43NO6. The smallest absolute Gasteiger partial charge is 0.322 e. The highest BCUT2D eigenvalue weighted by Gasteiger charge is 2.65. The summed E-state index contributed by atoms with van der Waals surface area (Å²) >= 11 is 0. The Kier molecular flexibility index (Phi) is 6.89. The van der Waals surface area contributed by atoms with Gasteiger partial charge in [0.25, 0.3) is 0 Å². The van der Waals surface area contributed by atoms with Crippen LogP contribution in [0.3, 0.4) is 0 Å². The SMILES string of the molecule is C[C@H](CCC(=O)NC[13C](=O)O)[C@H]1CC[C@H]2[C@H]3[C@H](O)C[C@@H]4C[C@H](O)CC[C@]4(C)[C@H]3C[C@H](O)[C@]12C. The Hall–Kier alpha value is -1.18. The molecule has 4 aliphatic rings. The lowest BCUT2D eigenvalue weighted by Crippen LogP contribution is -2.62. The molecule has 0 aromatic rings. The maximum absolute atomic E-state index is 12.0. The minimum absolute atomic E-state index is 0.0668. The van der Waals surface area contributed by atoms with E-state index in [1.165, 1.54) is 0 Å². The molecule has 0 unspecified atom stereocenters. The minimum Gasteiger partial charge on any atom is -0.480 e. The molecule has 0 bridgehead atoms. The molecule has 0 heterocycles. The number of rotatable bonds is 6. The van der Waals surface area contributed by atoms with Crippen LogP contribution in [0.15, 0.2) is 0 Å². The average molecular weight is 467 g/mol. The highest BCUT2D eigenvalue weighted by atomic mass is 16.5. The van der Waals surface area contributed by atoms with Gasteiger partial charge in [0.05, 0.1) is 18.3 Å². The van der Waals surface area contributed by atoms with Gasteiger partial charge in [-0.05, 0) is 97.7 Å². The number of aliphatic hydroxyl groups excluding tert-OH is 3. The van der Waals surface area contributed by atoms with Crippen molar-refractivity contribution >= 4 is 11.9 Å². The van der Waals surface area contributed by atoms with E-state index in [4.69, 9.17) is 5.11 Å². The second-order valence-electron chi connectivity index (χ2n) is 12.2. The maximum atomic E-state index is 12.0. The number of carbonyl (C=O) groups excluding carboxylic acids is 1. The number of nitrogens with one attached hydrogen (secondary N) is 1. The number of amides is 1. The summed E-state index contributed by atoms with van der Waals surface area (Å²) in [6.45, 7) is 6.35. The first kappa shape index (κ1) is 24.9. The Labute approximate surface area is 197 Å². The summed E-state index contributed by atoms with van der Waals surface area (Å²) in [7, 11) is 0. The van der Waals surface area contributed by atoms with Gasteiger partial charge in [-0.2, -0.15) is 0 Å². The summed E-state index contributed by atoms with van der Waals surface area (Å²) in [4.78, 5) is 22.7. The van der Waals surface area contributed by atoms with Crippen LogP contribution in [0.4, 0.5) is 0 Å². The van der Waals surface area contributed by atoms with E-state index in [0.29, 0.717) is 25.2 Å². The molecule has 0 aromatic heterocycles. The summed E-state index contributed by atoms with van der Waals surface area (Å²) in [6.07, 6.45) is 5.86. The van der Waals surface area contributed by atoms with Gasteiger partial charge in [-0.3, -0.25) is 9.59 Å². The van der Waals surface area contributed by atoms with Crippen molar-refractivity contribution in [3.63, 3.8) is 0 Å². The zero-order valence-corrected chi connectivity index (χ0v) is 20.4. The number of aliphatic hydroxyl groups is 3. The molecule has 4 rings (SSSR count). The first-order valence-corrected chi connectivity index (χ1v) is 13.0. The summed E-state index contributed by atoms with van der Waals surface area (Å²) in [5.41, 5.74) is -0.214. The number of aliphatic carboxylic acids is 1. The first-order valence-electron chi connectivity index (χ1n) is 13.0. The van der Waals surface area contributed by atoms with E-state index in [0.717, 1.165) is 38.5 Å². The van der Waals surface area contributed by atoms with Crippen LogP contribution in [0.1, 0.15) is 78.6 Å². The second kappa shape index (κ2) is 9.12. The Balaban J connectivity index is 1.49. The molecule has 4 aliphatic carbocycles. The number of hydrogen-bond acceptors (Lipinski definition) is 5. The van der Waals surface area contributed by atoms with Gasteiger partial charge in [0.2, 0.25) is 5.91 Å². The Bertz CT molecular complexity index is 759. The van der Waals surface area contributed by atoms with Gasteiger partial charge >= 0.3 is 5.97 Å². The van der Waals surface area contributed by atoms with Crippen LogP contribution in [0.25, 0.3) is 0 Å². The fourth-order valence-electron chi connectivity index (χ4n) is 8.95. The van der Waals surface area contributed by atoms with Crippen molar-refractivity contribution in [2.75, 3.05) is 6.54 Å². The summed E-state index contributed by atoms with van der Waals surface area (Å²) < 4.78 is 0. The lowest BCUT2D eigenvalue weighted by atomic mass is 9.43. The van der Waals surface area contributed by atoms with Crippen LogP contribution in [-0.2, 0) is 9.59 Å². The fourth-order valence-corrected chi connectivity index (χ4v) is 8.95. The van der Waals surface area contributed by atoms with Crippen molar-refractivity contribution in [2.45, 2.75) is 96.9 Å². The van der Waals surface area contributed by atoms with Crippen molar-refractivity contribution in [2.24, 2.45) is 46.3 Å². The topological polar surface area (TPSA) is 127 Å². The number of carbonyl (C=O) groups is 2. The lowest BCUT2D eigenvalue weighted by molar-refractivity contribution is -0.207. The quantitative estimate of drug-likeness (QED) is 0.383. The molecule has 0 aliphatic heterocycles. The van der Waals surface area contributed by atoms with E-state index in [2.05, 4.69) is 26.1 Å². The second-order valence-corrected chi connectivity index (χ2v) is 12.2. The highest BCUT2D eigenvalue weighted by molar-refractivity contribution is 5.81. The lowest BCUT2D eigenvalue weighted by Gasteiger charge is -2.63. The fraction of sp³-hybridized carbons (Fsp3) is 0.923. The minimum atomic E-state index is -1.04. The van der Waals surface area contributed by atoms with Gasteiger partial charge in [0, 0.05) is 6.42 Å². The third kappa shape index (κ3) is 4.23. The molecule has 0 spiro atoms. The van der Waals surface area contributed by atoms with Crippen LogP contribution < -0.4 is 5.32 Å². The zero-order valence-electron chi connectivity index (χ0n) is 20.4. The van der Waals surface area contributed by atoms with Crippen molar-refractivity contribution in [1.82, 2.24) is 5.32 Å². The third-order valence-corrected chi connectivity index (χ3v) is 10.8. The maximum Gasteiger partial charge on any atom is 0.322 e. The van der Waals surface area contributed by atoms with Crippen molar-refractivity contribution < 1.29 is 30.0 Å². The van der Waals surface area contributed by atoms with E-state index >= 15 is 0 Å². The van der Waals surface area contributed by atoms with Crippen LogP contribution >= 0.6 is 0 Å². The predicted molar refractivity (Wildman–Crippen MR) is 123 cm³/mol. The Morgan fingerprint density at radius 2 is 1.76 bits per heavy atom. The summed E-state index contributed by atoms with van der Waals surface area (Å²) in [5, 5.41) is 44.4. The normalized spacial score (nSPS) is 47.7. The van der Waals surface area contributed by atoms with E-state index in [9.17, 15) is 24.9 Å². The van der Waals surface area contributed by atoms with E-state index in [1.807, 2.05) is 0 Å². The average Bonchev–Trinajstić information content (AvgIpc) is 3.11. The van der Waals surface area contributed by atoms with Crippen LogP contribution in [0.5, 0.6) is 0 Å². The Morgan fingerprint density at radius 1 is 1.03 bits per heavy atom. The Morgan fingerprint density at radius 3 is 2.45 bits per heavy atom. The molecule has 33 heavy (non-hydrogen) atoms. The standard InChI is InChI=1S/C26H43NO6/c1-14(4-7-22(31)27-13-23(32)33)17-5-6-18-24-19(12-21(30)26(17,18)3)25(2)9-8-16(28)10-15(25)11-20(24)29/h14-21,24,28-30H,4-13H2,1-3H3,(H,27,31)(H,32,33)/t14-,15+,16-,17-,18+,19+,20-,21+,24-,25+,26-/m1/s1/i23+1. The molecule has 7 nitrogen and oxygen atoms in total. The largest absolute Gasteiger partial charge is 0.480 e. The molecule has 4 saturated carbocycles. The molecule has 7 heteroatoms. The number of hydrogen-bond donors (Lipinski definition) is 5. The van der Waals surface area contributed by atoms with Crippen molar-refractivity contribution in [3.05, 3.63) is 0 Å². The third-order valence-electron chi connectivity index (χ3n) is 10.8. The van der Waals surface area contributed by atoms with Gasteiger partial charge in [-0.15, -0.1) is 0 Å². The van der Waals surface area contributed by atoms with Gasteiger partial charge in [0.15, 0.2) is 0 Å². The summed E-state index contributed by atoms with van der Waals surface area (Å²) in [5.74, 6) is 0.265. The molecule has 11 atom stereocenters. The van der Waals surface area contributed by atoms with Crippen LogP contribution in [0.2, 0.25) is 0 Å². The van der Waals surface area contributed by atoms with E-state index in [1.54, 1.807) is 0 Å². The van der Waals surface area contributed by atoms with Gasteiger partial charge in [-0.1, -0.05) is 20.8 Å². The summed E-state index contributed by atoms with van der Waals surface area (Å²) in [6, 6.07) is 0. The van der Waals surface area contributed by atoms with Crippen molar-refractivity contribution in [1.29, 1.82) is 0 Å². The van der Waals surface area contributed by atoms with Crippen LogP contribution in [0, 0.1) is 46.3 Å². The number of fused-ring (bicyclic) bond motifs is 5. The number of carboxylic acid groups (broad SMARTS) is 1. The van der Waals surface area contributed by atoms with E-state index in [-0.39, 0.29) is 65.1 Å². The first-order chi connectivity index (χ1) is 15.5. The highest BCUT2D eigenvalue weighted by Crippen LogP contribution is 2.68. The molecule has 1 amide bonds. The molecule has 5 N–H and O–H groups in total. The molecule has 0 saturated heterocycles. The molecule has 4 fully saturated rings. The van der Waals surface area contributed by atoms with E-state index < -0.39 is 12.1 Å². The zero-order chi connectivity index (χ0) is 24.1. The predicted octanol–water partition coefficient (Wildman–Crippen LogP) is 2.56. The molecule has 188 valence electrons. The van der Waals surface area contributed by atoms with Gasteiger partial charge < -0.3 is 25.7 Å². The number of carboxylic acids is 1.